The van der Waals surface area contributed by atoms with E-state index >= 15 is 0 Å². The average molecular weight is 307 g/mol. The highest BCUT2D eigenvalue weighted by atomic mass is 32.1. The van der Waals surface area contributed by atoms with Crippen molar-refractivity contribution in [3.8, 4) is 5.75 Å². The van der Waals surface area contributed by atoms with Crippen LogP contribution in [0.5, 0.6) is 5.75 Å². The summed E-state index contributed by atoms with van der Waals surface area (Å²) in [5.74, 6) is -1.15. The Kier molecular flexibility index (Phi) is 5.05. The van der Waals surface area contributed by atoms with E-state index in [2.05, 4.69) is 0 Å². The Hall–Kier alpha value is -2.21. The third kappa shape index (κ3) is 4.13. The van der Waals surface area contributed by atoms with Gasteiger partial charge in [-0.15, -0.1) is 11.3 Å². The fraction of sp³-hybridized carbons (Fsp3) is 0.200. The van der Waals surface area contributed by atoms with Gasteiger partial charge in [-0.05, 0) is 30.0 Å². The highest BCUT2D eigenvalue weighted by Gasteiger charge is 2.10. The maximum absolute atomic E-state index is 13.5. The van der Waals surface area contributed by atoms with Crippen LogP contribution in [0.15, 0.2) is 35.7 Å². The molecular weight excluding hydrogens is 293 g/mol. The zero-order chi connectivity index (χ0) is 15.2. The number of hydrogen-bond acceptors (Lipinski definition) is 4. The quantitative estimate of drug-likeness (QED) is 0.631. The van der Waals surface area contributed by atoms with Crippen molar-refractivity contribution in [2.75, 3.05) is 6.61 Å². The molecule has 2 aromatic rings. The van der Waals surface area contributed by atoms with Gasteiger partial charge < -0.3 is 10.5 Å². The lowest BCUT2D eigenvalue weighted by atomic mass is 10.2. The topological polar surface area (TPSA) is 69.4 Å². The standard InChI is InChI=1S/C15H14FNO3S/c16-12-9-10(5-6-11(12)15(17)19)20-7-1-3-13(18)14-4-2-8-21-14/h2,4-6,8-9H,1,3,7H2,(H2,17,19). The molecule has 0 aliphatic rings. The van der Waals surface area contributed by atoms with Gasteiger partial charge in [0.25, 0.3) is 5.91 Å². The lowest BCUT2D eigenvalue weighted by Gasteiger charge is -2.07. The van der Waals surface area contributed by atoms with Gasteiger partial charge in [-0.2, -0.15) is 0 Å². The third-order valence-electron chi connectivity index (χ3n) is 2.82. The SMILES string of the molecule is NC(=O)c1ccc(OCCCC(=O)c2cccs2)cc1F. The van der Waals surface area contributed by atoms with Crippen molar-refractivity contribution in [2.24, 2.45) is 5.73 Å². The summed E-state index contributed by atoms with van der Waals surface area (Å²) < 4.78 is 18.8. The van der Waals surface area contributed by atoms with Crippen LogP contribution >= 0.6 is 11.3 Å². The van der Waals surface area contributed by atoms with Crippen LogP contribution in [0, 0.1) is 5.82 Å². The molecule has 1 aromatic carbocycles. The van der Waals surface area contributed by atoms with Gasteiger partial charge in [0.1, 0.15) is 11.6 Å². The molecule has 0 fully saturated rings. The Bertz CT molecular complexity index is 640. The van der Waals surface area contributed by atoms with E-state index < -0.39 is 11.7 Å². The maximum atomic E-state index is 13.5. The van der Waals surface area contributed by atoms with Crippen molar-refractivity contribution >= 4 is 23.0 Å². The fourth-order valence-electron chi connectivity index (χ4n) is 1.77. The molecule has 0 saturated heterocycles. The summed E-state index contributed by atoms with van der Waals surface area (Å²) in [6.45, 7) is 0.298. The number of ketones is 1. The molecule has 110 valence electrons. The van der Waals surface area contributed by atoms with Crippen LogP contribution in [0.4, 0.5) is 4.39 Å². The molecule has 0 aliphatic heterocycles. The first-order valence-corrected chi connectivity index (χ1v) is 7.25. The van der Waals surface area contributed by atoms with Gasteiger partial charge in [0.2, 0.25) is 0 Å². The van der Waals surface area contributed by atoms with Crippen LogP contribution in [0.25, 0.3) is 0 Å². The van der Waals surface area contributed by atoms with E-state index in [-0.39, 0.29) is 11.3 Å². The summed E-state index contributed by atoms with van der Waals surface area (Å²) in [4.78, 5) is 23.3. The summed E-state index contributed by atoms with van der Waals surface area (Å²) in [7, 11) is 0. The lowest BCUT2D eigenvalue weighted by Crippen LogP contribution is -2.13. The van der Waals surface area contributed by atoms with Gasteiger partial charge in [-0.1, -0.05) is 6.07 Å². The number of benzene rings is 1. The minimum Gasteiger partial charge on any atom is -0.493 e. The molecule has 6 heteroatoms. The molecule has 0 radical (unpaired) electrons. The largest absolute Gasteiger partial charge is 0.493 e. The lowest BCUT2D eigenvalue weighted by molar-refractivity contribution is 0.0973. The Balaban J connectivity index is 1.80. The Labute approximate surface area is 125 Å². The number of carbonyl (C=O) groups excluding carboxylic acids is 2. The molecule has 0 atom stereocenters. The summed E-state index contributed by atoms with van der Waals surface area (Å²) in [5.41, 5.74) is 4.84. The predicted molar refractivity (Wildman–Crippen MR) is 78.3 cm³/mol. The fourth-order valence-corrected chi connectivity index (χ4v) is 2.46. The number of hydrogen-bond donors (Lipinski definition) is 1. The van der Waals surface area contributed by atoms with Crippen molar-refractivity contribution in [1.29, 1.82) is 0 Å². The van der Waals surface area contributed by atoms with E-state index in [0.29, 0.717) is 25.2 Å². The summed E-state index contributed by atoms with van der Waals surface area (Å²) in [6.07, 6.45) is 0.915. The number of carbonyl (C=O) groups is 2. The van der Waals surface area contributed by atoms with Crippen LogP contribution in [0.1, 0.15) is 32.9 Å². The van der Waals surface area contributed by atoms with E-state index in [1.807, 2.05) is 11.4 Å². The van der Waals surface area contributed by atoms with Gasteiger partial charge >= 0.3 is 0 Å². The minimum atomic E-state index is -0.819. The summed E-state index contributed by atoms with van der Waals surface area (Å²) in [5, 5.41) is 1.85. The molecular formula is C15H14FNO3S. The second-order valence-electron chi connectivity index (χ2n) is 4.36. The van der Waals surface area contributed by atoms with E-state index in [9.17, 15) is 14.0 Å². The average Bonchev–Trinajstić information content (AvgIpc) is 2.97. The molecule has 2 N–H and O–H groups in total. The molecule has 2 rings (SSSR count). The second-order valence-corrected chi connectivity index (χ2v) is 5.31. The number of halogens is 1. The Morgan fingerprint density at radius 2 is 2.10 bits per heavy atom. The Morgan fingerprint density at radius 3 is 2.71 bits per heavy atom. The van der Waals surface area contributed by atoms with Crippen molar-refractivity contribution in [2.45, 2.75) is 12.8 Å². The van der Waals surface area contributed by atoms with Crippen LogP contribution in [0.3, 0.4) is 0 Å². The molecule has 1 aromatic heterocycles. The minimum absolute atomic E-state index is 0.0730. The molecule has 21 heavy (non-hydrogen) atoms. The van der Waals surface area contributed by atoms with Gasteiger partial charge in [-0.25, -0.2) is 4.39 Å². The van der Waals surface area contributed by atoms with E-state index in [1.54, 1.807) is 6.07 Å². The van der Waals surface area contributed by atoms with Crippen LogP contribution in [0.2, 0.25) is 0 Å². The number of thiophene rings is 1. The van der Waals surface area contributed by atoms with Crippen LogP contribution in [-0.4, -0.2) is 18.3 Å². The molecule has 4 nitrogen and oxygen atoms in total. The normalized spacial score (nSPS) is 10.3. The van der Waals surface area contributed by atoms with E-state index in [0.717, 1.165) is 10.9 Å². The first-order chi connectivity index (χ1) is 10.1. The molecule has 0 saturated carbocycles. The number of amides is 1. The maximum Gasteiger partial charge on any atom is 0.251 e. The first-order valence-electron chi connectivity index (χ1n) is 6.37. The van der Waals surface area contributed by atoms with Gasteiger partial charge in [0.15, 0.2) is 5.78 Å². The summed E-state index contributed by atoms with van der Waals surface area (Å²) >= 11 is 1.41. The number of rotatable bonds is 7. The molecule has 1 amide bonds. The van der Waals surface area contributed by atoms with Crippen LogP contribution in [-0.2, 0) is 0 Å². The zero-order valence-corrected chi connectivity index (χ0v) is 12.0. The van der Waals surface area contributed by atoms with Gasteiger partial charge in [0, 0.05) is 12.5 Å². The van der Waals surface area contributed by atoms with Gasteiger partial charge in [-0.3, -0.25) is 9.59 Å². The van der Waals surface area contributed by atoms with Crippen molar-refractivity contribution < 1.29 is 18.7 Å². The highest BCUT2D eigenvalue weighted by molar-refractivity contribution is 7.12. The number of primary amides is 1. The number of nitrogens with two attached hydrogens (primary N) is 1. The number of Topliss-reactive ketones (excluding diaryl/α,β-unsaturated/α-hetero) is 1. The first kappa shape index (κ1) is 15.2. The monoisotopic (exact) mass is 307 g/mol. The Morgan fingerprint density at radius 1 is 1.29 bits per heavy atom. The molecule has 0 spiro atoms. The molecule has 0 aliphatic carbocycles. The van der Waals surface area contributed by atoms with E-state index in [4.69, 9.17) is 10.5 Å². The van der Waals surface area contributed by atoms with E-state index in [1.165, 1.54) is 23.5 Å². The van der Waals surface area contributed by atoms with Crippen molar-refractivity contribution in [3.63, 3.8) is 0 Å². The smallest absolute Gasteiger partial charge is 0.251 e. The van der Waals surface area contributed by atoms with Crippen molar-refractivity contribution in [3.05, 3.63) is 52.0 Å². The zero-order valence-electron chi connectivity index (χ0n) is 11.2. The number of ether oxygens (including phenoxy) is 1. The highest BCUT2D eigenvalue weighted by Crippen LogP contribution is 2.17. The molecule has 1 heterocycles. The third-order valence-corrected chi connectivity index (χ3v) is 3.73. The molecule has 0 bridgehead atoms. The predicted octanol–water partition coefficient (Wildman–Crippen LogP) is 3.03. The van der Waals surface area contributed by atoms with Crippen molar-refractivity contribution in [1.82, 2.24) is 0 Å². The van der Waals surface area contributed by atoms with Crippen LogP contribution < -0.4 is 10.5 Å². The second kappa shape index (κ2) is 6.99. The summed E-state index contributed by atoms with van der Waals surface area (Å²) in [6, 6.07) is 7.48. The molecule has 0 unspecified atom stereocenters. The van der Waals surface area contributed by atoms with Gasteiger partial charge in [0.05, 0.1) is 17.0 Å².